The molecule has 1 aliphatic heterocycles. The first-order valence-electron chi connectivity index (χ1n) is 10.6. The molecule has 1 saturated heterocycles. The van der Waals surface area contributed by atoms with Crippen LogP contribution in [0.3, 0.4) is 0 Å². The monoisotopic (exact) mass is 495 g/mol. The van der Waals surface area contributed by atoms with Gasteiger partial charge in [-0.3, -0.25) is 9.59 Å². The minimum Gasteiger partial charge on any atom is -0.366 e. The molecule has 4 heterocycles. The molecule has 2 amide bonds. The number of amides is 2. The molecule has 3 N–H and O–H groups in total. The fourth-order valence-corrected chi connectivity index (χ4v) is 6.64. The summed E-state index contributed by atoms with van der Waals surface area (Å²) in [7, 11) is -3.15. The molecule has 0 bridgehead atoms. The maximum atomic E-state index is 13.5. The van der Waals surface area contributed by atoms with Crippen LogP contribution in [0.25, 0.3) is 21.6 Å². The molecule has 1 aliphatic rings. The first kappa shape index (κ1) is 22.2. The Morgan fingerprint density at radius 2 is 1.97 bits per heavy atom. The van der Waals surface area contributed by atoms with E-state index in [-0.39, 0.29) is 23.1 Å². The lowest BCUT2D eigenvalue weighted by Gasteiger charge is -2.13. The van der Waals surface area contributed by atoms with Crippen LogP contribution in [0, 0.1) is 6.92 Å². The maximum absolute atomic E-state index is 13.5. The molecular weight excluding hydrogens is 474 g/mol. The average molecular weight is 496 g/mol. The number of benzene rings is 1. The number of sulfone groups is 1. The molecule has 4 aromatic rings. The number of rotatable bonds is 5. The molecule has 34 heavy (non-hydrogen) atoms. The third-order valence-electron chi connectivity index (χ3n) is 5.85. The number of nitrogens with zero attached hydrogens (tertiary/aromatic N) is 3. The third-order valence-corrected chi connectivity index (χ3v) is 8.49. The van der Waals surface area contributed by atoms with Gasteiger partial charge in [0.15, 0.2) is 15.5 Å². The number of hydrogen-bond acceptors (Lipinski definition) is 7. The van der Waals surface area contributed by atoms with Crippen molar-refractivity contribution in [1.29, 1.82) is 0 Å². The highest BCUT2D eigenvalue weighted by Crippen LogP contribution is 2.33. The van der Waals surface area contributed by atoms with E-state index in [4.69, 9.17) is 10.7 Å². The number of nitrogens with two attached hydrogens (primary N) is 1. The number of aryl methyl sites for hydroxylation is 1. The van der Waals surface area contributed by atoms with E-state index < -0.39 is 21.7 Å². The molecule has 174 valence electrons. The minimum atomic E-state index is -3.15. The second-order valence-corrected chi connectivity index (χ2v) is 11.4. The molecule has 0 spiro atoms. The van der Waals surface area contributed by atoms with Crippen molar-refractivity contribution in [1.82, 2.24) is 14.8 Å². The van der Waals surface area contributed by atoms with Crippen LogP contribution in [0.1, 0.15) is 38.9 Å². The number of hydrogen-bond donors (Lipinski definition) is 2. The second-order valence-electron chi connectivity index (χ2n) is 8.18. The Kier molecular flexibility index (Phi) is 5.45. The summed E-state index contributed by atoms with van der Waals surface area (Å²) in [5.41, 5.74) is 7.90. The quantitative estimate of drug-likeness (QED) is 0.436. The van der Waals surface area contributed by atoms with Crippen molar-refractivity contribution < 1.29 is 18.0 Å². The number of aromatic nitrogens is 3. The number of nitrogens with one attached hydrogen (secondary N) is 1. The predicted octanol–water partition coefficient (Wildman–Crippen LogP) is 3.18. The zero-order chi connectivity index (χ0) is 24.0. The lowest BCUT2D eigenvalue weighted by Crippen LogP contribution is -2.19. The van der Waals surface area contributed by atoms with Gasteiger partial charge in [-0.1, -0.05) is 18.2 Å². The largest absolute Gasteiger partial charge is 0.366 e. The molecule has 3 aromatic heterocycles. The summed E-state index contributed by atoms with van der Waals surface area (Å²) >= 11 is 1.48. The molecule has 1 aromatic carbocycles. The predicted molar refractivity (Wildman–Crippen MR) is 131 cm³/mol. The zero-order valence-corrected chi connectivity index (χ0v) is 19.8. The summed E-state index contributed by atoms with van der Waals surface area (Å²) in [6.07, 6.45) is 0.441. The van der Waals surface area contributed by atoms with Crippen molar-refractivity contribution >= 4 is 49.7 Å². The summed E-state index contributed by atoms with van der Waals surface area (Å²) < 4.78 is 25.9. The van der Waals surface area contributed by atoms with E-state index in [1.165, 1.54) is 11.3 Å². The Balaban J connectivity index is 1.67. The highest BCUT2D eigenvalue weighted by molar-refractivity contribution is 7.91. The van der Waals surface area contributed by atoms with Crippen molar-refractivity contribution in [3.63, 3.8) is 0 Å². The van der Waals surface area contributed by atoms with Gasteiger partial charge in [0, 0.05) is 0 Å². The average Bonchev–Trinajstić information content (AvgIpc) is 3.53. The third kappa shape index (κ3) is 3.97. The van der Waals surface area contributed by atoms with Crippen molar-refractivity contribution in [2.45, 2.75) is 19.4 Å². The first-order chi connectivity index (χ1) is 16.2. The molecule has 0 aliphatic carbocycles. The number of anilines is 1. The van der Waals surface area contributed by atoms with E-state index in [1.807, 2.05) is 17.5 Å². The lowest BCUT2D eigenvalue weighted by atomic mass is 10.1. The van der Waals surface area contributed by atoms with Crippen LogP contribution >= 0.6 is 11.3 Å². The summed E-state index contributed by atoms with van der Waals surface area (Å²) in [6, 6.07) is 11.7. The number of pyridine rings is 1. The van der Waals surface area contributed by atoms with Gasteiger partial charge in [-0.15, -0.1) is 11.3 Å². The molecular formula is C23H21N5O4S2. The topological polar surface area (TPSA) is 137 Å². The number of fused-ring (bicyclic) bond motifs is 1. The zero-order valence-electron chi connectivity index (χ0n) is 18.2. The normalized spacial score (nSPS) is 17.1. The summed E-state index contributed by atoms with van der Waals surface area (Å²) in [4.78, 5) is 31.0. The molecule has 1 unspecified atom stereocenters. The van der Waals surface area contributed by atoms with Crippen LogP contribution < -0.4 is 11.1 Å². The van der Waals surface area contributed by atoms with Crippen LogP contribution in [-0.4, -0.2) is 46.5 Å². The van der Waals surface area contributed by atoms with Gasteiger partial charge in [0.25, 0.3) is 11.8 Å². The fraction of sp³-hybridized carbons (Fsp3) is 0.217. The molecule has 1 fully saturated rings. The van der Waals surface area contributed by atoms with Gasteiger partial charge in [0.2, 0.25) is 0 Å². The maximum Gasteiger partial charge on any atom is 0.256 e. The number of primary amides is 1. The van der Waals surface area contributed by atoms with Gasteiger partial charge in [-0.2, -0.15) is 5.10 Å². The van der Waals surface area contributed by atoms with Gasteiger partial charge in [-0.05, 0) is 43.0 Å². The molecule has 0 saturated carbocycles. The molecule has 0 radical (unpaired) electrons. The minimum absolute atomic E-state index is 0.0123. The van der Waals surface area contributed by atoms with E-state index in [9.17, 15) is 18.0 Å². The molecule has 11 heteroatoms. The van der Waals surface area contributed by atoms with Gasteiger partial charge in [0.1, 0.15) is 0 Å². The summed E-state index contributed by atoms with van der Waals surface area (Å²) in [5.74, 6) is -1.01. The number of para-hydroxylation sites is 1. The molecule has 9 nitrogen and oxygen atoms in total. The van der Waals surface area contributed by atoms with E-state index in [1.54, 1.807) is 41.9 Å². The summed E-state index contributed by atoms with van der Waals surface area (Å²) in [5, 5.41) is 9.84. The number of thiophene rings is 1. The lowest BCUT2D eigenvalue weighted by molar-refractivity contribution is 0.100. The van der Waals surface area contributed by atoms with E-state index in [0.717, 1.165) is 4.88 Å². The van der Waals surface area contributed by atoms with Crippen molar-refractivity contribution in [2.24, 2.45) is 5.73 Å². The first-order valence-corrected chi connectivity index (χ1v) is 13.3. The Labute approximate surface area is 199 Å². The Morgan fingerprint density at radius 3 is 2.65 bits per heavy atom. The van der Waals surface area contributed by atoms with Crippen molar-refractivity contribution in [3.05, 3.63) is 64.7 Å². The molecule has 5 rings (SSSR count). The number of carbonyl (C=O) groups is 2. The van der Waals surface area contributed by atoms with E-state index in [0.29, 0.717) is 40.1 Å². The van der Waals surface area contributed by atoms with Crippen LogP contribution in [0.2, 0.25) is 0 Å². The highest BCUT2D eigenvalue weighted by Gasteiger charge is 2.32. The Hall–Kier alpha value is -3.57. The molecule has 1 atom stereocenters. The smallest absolute Gasteiger partial charge is 0.256 e. The van der Waals surface area contributed by atoms with Gasteiger partial charge < -0.3 is 11.1 Å². The van der Waals surface area contributed by atoms with Gasteiger partial charge in [0.05, 0.1) is 56.0 Å². The highest BCUT2D eigenvalue weighted by atomic mass is 32.2. The Morgan fingerprint density at radius 1 is 1.18 bits per heavy atom. The van der Waals surface area contributed by atoms with Crippen LogP contribution in [-0.2, 0) is 9.84 Å². The van der Waals surface area contributed by atoms with Gasteiger partial charge >= 0.3 is 0 Å². The van der Waals surface area contributed by atoms with Crippen LogP contribution in [0.5, 0.6) is 0 Å². The second kappa shape index (κ2) is 8.33. The standard InChI is InChI=1S/C23H21N5O4S2/c1-13-20-16(23(30)26-17-6-3-2-5-15(17)21(24)29)11-18(19-7-4-9-33-19)25-22(20)28(27-13)14-8-10-34(31,32)12-14/h2-7,9,11,14H,8,10,12H2,1H3,(H2,24,29)(H,26,30). The van der Waals surface area contributed by atoms with E-state index >= 15 is 0 Å². The van der Waals surface area contributed by atoms with Crippen LogP contribution in [0.4, 0.5) is 5.69 Å². The van der Waals surface area contributed by atoms with Gasteiger partial charge in [-0.25, -0.2) is 18.1 Å². The van der Waals surface area contributed by atoms with Crippen LogP contribution in [0.15, 0.2) is 47.8 Å². The number of carbonyl (C=O) groups excluding carboxylic acids is 2. The van der Waals surface area contributed by atoms with Crippen molar-refractivity contribution in [3.8, 4) is 10.6 Å². The van der Waals surface area contributed by atoms with E-state index in [2.05, 4.69) is 10.4 Å². The fourth-order valence-electron chi connectivity index (χ4n) is 4.26. The van der Waals surface area contributed by atoms with Crippen molar-refractivity contribution in [2.75, 3.05) is 16.8 Å². The SMILES string of the molecule is Cc1nn(C2CCS(=O)(=O)C2)c2nc(-c3cccs3)cc(C(=O)Nc3ccccc3C(N)=O)c12. The summed E-state index contributed by atoms with van der Waals surface area (Å²) in [6.45, 7) is 1.77. The Bertz CT molecular complexity index is 1540.